The molecule has 0 spiro atoms. The number of pyridine rings is 1. The molecule has 2 aromatic carbocycles. The van der Waals surface area contributed by atoms with Gasteiger partial charge in [-0.25, -0.2) is 0 Å². The standard InChI is InChI=1S/C32H37N5O2/c1-5-6-8-23-13-15-27-24(17-23)20-37(31(27)38)29-10-7-9-26(21(29)2)25-18-28(32(39)36(4)19-25)34-30(35-33-3)16-14-22-11-12-22/h7,9-10,13,15-19,22,34-35H,3,5-6,8,11-12,14,20H2,1-2,4H3/b30-16-. The molecular formula is C32H37N5O2. The number of carbonyl (C=O) groups is 1. The number of fused-ring (bicyclic) bond motifs is 1. The Labute approximate surface area is 230 Å². The lowest BCUT2D eigenvalue weighted by atomic mass is 9.99. The average Bonchev–Trinajstić information content (AvgIpc) is 3.71. The Morgan fingerprint density at radius 3 is 2.72 bits per heavy atom. The number of unbranched alkanes of at least 4 members (excludes halogenated alkanes) is 1. The Bertz CT molecular complexity index is 1500. The van der Waals surface area contributed by atoms with E-state index in [-0.39, 0.29) is 11.5 Å². The Hall–Kier alpha value is -4.13. The van der Waals surface area contributed by atoms with Crippen LogP contribution in [0.25, 0.3) is 11.1 Å². The summed E-state index contributed by atoms with van der Waals surface area (Å²) in [6.07, 6.45) is 10.6. The van der Waals surface area contributed by atoms with Crippen LogP contribution in [0.3, 0.4) is 0 Å². The minimum absolute atomic E-state index is 0.0311. The fourth-order valence-corrected chi connectivity index (χ4v) is 5.28. The van der Waals surface area contributed by atoms with Gasteiger partial charge in [0.2, 0.25) is 0 Å². The van der Waals surface area contributed by atoms with Crippen LogP contribution in [0, 0.1) is 12.8 Å². The van der Waals surface area contributed by atoms with E-state index in [1.54, 1.807) is 11.6 Å². The van der Waals surface area contributed by atoms with Gasteiger partial charge in [-0.3, -0.25) is 15.0 Å². The van der Waals surface area contributed by atoms with Crippen LogP contribution in [0.5, 0.6) is 0 Å². The number of amides is 1. The van der Waals surface area contributed by atoms with Gasteiger partial charge < -0.3 is 14.8 Å². The smallest absolute Gasteiger partial charge is 0.274 e. The van der Waals surface area contributed by atoms with Crippen LogP contribution in [0.15, 0.2) is 70.5 Å². The van der Waals surface area contributed by atoms with Crippen molar-refractivity contribution in [3.63, 3.8) is 0 Å². The Morgan fingerprint density at radius 2 is 1.97 bits per heavy atom. The zero-order valence-electron chi connectivity index (χ0n) is 23.1. The number of nitrogens with zero attached hydrogens (tertiary/aromatic N) is 3. The Kier molecular flexibility index (Phi) is 7.68. The summed E-state index contributed by atoms with van der Waals surface area (Å²) in [7, 11) is 1.75. The minimum Gasteiger partial charge on any atom is -0.336 e. The molecule has 1 aliphatic heterocycles. The summed E-state index contributed by atoms with van der Waals surface area (Å²) < 4.78 is 1.58. The highest BCUT2D eigenvalue weighted by Gasteiger charge is 2.30. The second-order valence-electron chi connectivity index (χ2n) is 10.7. The quantitative estimate of drug-likeness (QED) is 0.234. The molecule has 3 aromatic rings. The predicted octanol–water partition coefficient (Wildman–Crippen LogP) is 6.12. The molecule has 2 heterocycles. The molecule has 5 rings (SSSR count). The Morgan fingerprint density at radius 1 is 1.15 bits per heavy atom. The monoisotopic (exact) mass is 523 g/mol. The third kappa shape index (κ3) is 5.67. The van der Waals surface area contributed by atoms with Crippen molar-refractivity contribution in [1.82, 2.24) is 9.99 Å². The topological polar surface area (TPSA) is 78.7 Å². The minimum atomic E-state index is -0.139. The highest BCUT2D eigenvalue weighted by atomic mass is 16.2. The van der Waals surface area contributed by atoms with E-state index in [4.69, 9.17) is 0 Å². The zero-order chi connectivity index (χ0) is 27.5. The van der Waals surface area contributed by atoms with Crippen LogP contribution in [-0.2, 0) is 20.0 Å². The maximum Gasteiger partial charge on any atom is 0.274 e. The first kappa shape index (κ1) is 26.5. The summed E-state index contributed by atoms with van der Waals surface area (Å²) in [5.74, 6) is 1.38. The highest BCUT2D eigenvalue weighted by Crippen LogP contribution is 2.36. The second kappa shape index (κ2) is 11.3. The number of anilines is 2. The zero-order valence-corrected chi connectivity index (χ0v) is 23.1. The number of nitrogens with one attached hydrogen (secondary N) is 2. The largest absolute Gasteiger partial charge is 0.336 e. The number of hydrazone groups is 1. The molecule has 202 valence electrons. The van der Waals surface area contributed by atoms with E-state index in [1.807, 2.05) is 54.4 Å². The van der Waals surface area contributed by atoms with Crippen molar-refractivity contribution in [2.24, 2.45) is 18.1 Å². The van der Waals surface area contributed by atoms with Gasteiger partial charge in [-0.2, -0.15) is 5.10 Å². The second-order valence-corrected chi connectivity index (χ2v) is 10.7. The molecule has 0 radical (unpaired) electrons. The maximum atomic E-state index is 13.4. The molecule has 7 heteroatoms. The molecule has 1 aliphatic carbocycles. The Balaban J connectivity index is 1.45. The number of benzene rings is 2. The molecule has 39 heavy (non-hydrogen) atoms. The summed E-state index contributed by atoms with van der Waals surface area (Å²) in [6.45, 7) is 8.32. The van der Waals surface area contributed by atoms with Crippen molar-refractivity contribution in [1.29, 1.82) is 0 Å². The van der Waals surface area contributed by atoms with Crippen molar-refractivity contribution in [2.75, 3.05) is 10.2 Å². The van der Waals surface area contributed by atoms with Gasteiger partial charge in [0, 0.05) is 36.8 Å². The molecule has 0 bridgehead atoms. The molecule has 1 saturated carbocycles. The van der Waals surface area contributed by atoms with Gasteiger partial charge in [0.1, 0.15) is 11.5 Å². The third-order valence-corrected chi connectivity index (χ3v) is 7.70. The first-order chi connectivity index (χ1) is 18.9. The molecular weight excluding hydrogens is 486 g/mol. The average molecular weight is 524 g/mol. The van der Waals surface area contributed by atoms with Crippen molar-refractivity contribution >= 4 is 24.0 Å². The van der Waals surface area contributed by atoms with Crippen LogP contribution in [-0.4, -0.2) is 17.2 Å². The van der Waals surface area contributed by atoms with Crippen molar-refractivity contribution in [2.45, 2.75) is 58.9 Å². The van der Waals surface area contributed by atoms with E-state index in [1.165, 1.54) is 18.4 Å². The SMILES string of the molecule is C=NN/C(=C\CC1CC1)Nc1cc(-c2cccc(N3Cc4cc(CCCC)ccc4C3=O)c2C)cn(C)c1=O. The number of aryl methyl sites for hydroxylation is 2. The number of rotatable bonds is 11. The summed E-state index contributed by atoms with van der Waals surface area (Å²) in [4.78, 5) is 28.3. The first-order valence-corrected chi connectivity index (χ1v) is 13.8. The van der Waals surface area contributed by atoms with Gasteiger partial charge in [-0.15, -0.1) is 0 Å². The van der Waals surface area contributed by atoms with E-state index in [9.17, 15) is 9.59 Å². The number of hydrogen-bond donors (Lipinski definition) is 2. The summed E-state index contributed by atoms with van der Waals surface area (Å²) in [6, 6.07) is 14.1. The first-order valence-electron chi connectivity index (χ1n) is 13.8. The van der Waals surface area contributed by atoms with E-state index >= 15 is 0 Å². The number of allylic oxidation sites excluding steroid dienone is 1. The molecule has 1 amide bonds. The normalized spacial score (nSPS) is 14.9. The predicted molar refractivity (Wildman–Crippen MR) is 159 cm³/mol. The molecule has 7 nitrogen and oxygen atoms in total. The van der Waals surface area contributed by atoms with Crippen LogP contribution in [0.2, 0.25) is 0 Å². The van der Waals surface area contributed by atoms with E-state index in [0.29, 0.717) is 24.0 Å². The van der Waals surface area contributed by atoms with E-state index in [0.717, 1.165) is 59.2 Å². The van der Waals surface area contributed by atoms with Gasteiger partial charge in [-0.1, -0.05) is 37.6 Å². The molecule has 2 N–H and O–H groups in total. The lowest BCUT2D eigenvalue weighted by Crippen LogP contribution is -2.24. The summed E-state index contributed by atoms with van der Waals surface area (Å²) in [5, 5.41) is 7.03. The van der Waals surface area contributed by atoms with Gasteiger partial charge in [0.05, 0.1) is 6.54 Å². The maximum absolute atomic E-state index is 13.4. The van der Waals surface area contributed by atoms with Gasteiger partial charge in [-0.05, 0) is 91.5 Å². The van der Waals surface area contributed by atoms with E-state index in [2.05, 4.69) is 41.6 Å². The van der Waals surface area contributed by atoms with Gasteiger partial charge >= 0.3 is 0 Å². The van der Waals surface area contributed by atoms with Crippen molar-refractivity contribution in [3.05, 3.63) is 93.2 Å². The lowest BCUT2D eigenvalue weighted by Gasteiger charge is -2.21. The molecule has 1 aromatic heterocycles. The molecule has 1 fully saturated rings. The lowest BCUT2D eigenvalue weighted by molar-refractivity contribution is 0.0996. The van der Waals surface area contributed by atoms with Crippen molar-refractivity contribution < 1.29 is 4.79 Å². The van der Waals surface area contributed by atoms with Crippen LogP contribution in [0.1, 0.15) is 66.1 Å². The number of carbonyl (C=O) groups excluding carboxylic acids is 1. The third-order valence-electron chi connectivity index (χ3n) is 7.70. The van der Waals surface area contributed by atoms with Crippen LogP contribution < -0.4 is 21.2 Å². The summed E-state index contributed by atoms with van der Waals surface area (Å²) in [5.41, 5.74) is 10.1. The van der Waals surface area contributed by atoms with Crippen LogP contribution >= 0.6 is 0 Å². The fraction of sp³-hybridized carbons (Fsp3) is 0.344. The van der Waals surface area contributed by atoms with Crippen molar-refractivity contribution in [3.8, 4) is 11.1 Å². The molecule has 0 unspecified atom stereocenters. The fourth-order valence-electron chi connectivity index (χ4n) is 5.28. The summed E-state index contributed by atoms with van der Waals surface area (Å²) >= 11 is 0. The van der Waals surface area contributed by atoms with Crippen LogP contribution in [0.4, 0.5) is 11.4 Å². The number of hydrogen-bond acceptors (Lipinski definition) is 5. The van der Waals surface area contributed by atoms with E-state index < -0.39 is 0 Å². The molecule has 2 aliphatic rings. The molecule has 0 saturated heterocycles. The highest BCUT2D eigenvalue weighted by molar-refractivity contribution is 6.10. The molecule has 0 atom stereocenters. The van der Waals surface area contributed by atoms with Gasteiger partial charge in [0.15, 0.2) is 0 Å². The number of aromatic nitrogens is 1. The van der Waals surface area contributed by atoms with Gasteiger partial charge in [0.25, 0.3) is 11.5 Å².